The Kier molecular flexibility index (Phi) is 9.06. The van der Waals surface area contributed by atoms with E-state index in [2.05, 4.69) is 10.6 Å². The van der Waals surface area contributed by atoms with E-state index in [0.29, 0.717) is 47.2 Å². The van der Waals surface area contributed by atoms with Gasteiger partial charge in [-0.1, -0.05) is 41.9 Å². The van der Waals surface area contributed by atoms with E-state index in [4.69, 9.17) is 21.1 Å². The normalized spacial score (nSPS) is 11.0. The lowest BCUT2D eigenvalue weighted by Crippen LogP contribution is -2.35. The Morgan fingerprint density at radius 1 is 0.939 bits per heavy atom. The Balaban J connectivity index is 1.81. The molecule has 6 nitrogen and oxygen atoms in total. The van der Waals surface area contributed by atoms with Crippen LogP contribution < -0.4 is 15.4 Å². The van der Waals surface area contributed by atoms with Crippen molar-refractivity contribution in [1.82, 2.24) is 10.6 Å². The lowest BCUT2D eigenvalue weighted by atomic mass is 10.1. The second kappa shape index (κ2) is 12.4. The molecule has 170 valence electrons. The molecule has 0 fully saturated rings. The highest BCUT2D eigenvalue weighted by Crippen LogP contribution is 2.22. The minimum Gasteiger partial charge on any atom is -0.457 e. The molecule has 33 heavy (non-hydrogen) atoms. The zero-order chi connectivity index (χ0) is 23.5. The maximum absolute atomic E-state index is 12.8. The molecule has 2 N–H and O–H groups in total. The predicted molar refractivity (Wildman–Crippen MR) is 129 cm³/mol. The van der Waals surface area contributed by atoms with E-state index in [1.54, 1.807) is 43.5 Å². The summed E-state index contributed by atoms with van der Waals surface area (Å²) < 4.78 is 10.9. The van der Waals surface area contributed by atoms with E-state index in [1.807, 2.05) is 48.5 Å². The molecule has 0 atom stereocenters. The van der Waals surface area contributed by atoms with Gasteiger partial charge >= 0.3 is 0 Å². The monoisotopic (exact) mass is 464 g/mol. The Labute approximate surface area is 198 Å². The number of ether oxygens (including phenoxy) is 2. The molecular weight excluding hydrogens is 440 g/mol. The predicted octanol–water partition coefficient (Wildman–Crippen LogP) is 5.06. The van der Waals surface area contributed by atoms with Gasteiger partial charge in [-0.05, 0) is 66.6 Å². The van der Waals surface area contributed by atoms with Crippen molar-refractivity contribution in [1.29, 1.82) is 0 Å². The van der Waals surface area contributed by atoms with E-state index in [0.717, 1.165) is 0 Å². The number of benzene rings is 3. The fourth-order valence-electron chi connectivity index (χ4n) is 2.93. The van der Waals surface area contributed by atoms with Gasteiger partial charge in [-0.25, -0.2) is 0 Å². The number of amides is 2. The van der Waals surface area contributed by atoms with Gasteiger partial charge in [0.1, 0.15) is 17.2 Å². The fourth-order valence-corrected chi connectivity index (χ4v) is 3.05. The van der Waals surface area contributed by atoms with Crippen LogP contribution in [0.3, 0.4) is 0 Å². The molecule has 0 aliphatic carbocycles. The number of para-hydroxylation sites is 1. The van der Waals surface area contributed by atoms with Crippen molar-refractivity contribution < 1.29 is 19.1 Å². The summed E-state index contributed by atoms with van der Waals surface area (Å²) in [7, 11) is 1.60. The zero-order valence-corrected chi connectivity index (χ0v) is 19.0. The van der Waals surface area contributed by atoms with Crippen LogP contribution in [0.2, 0.25) is 5.02 Å². The highest BCUT2D eigenvalue weighted by molar-refractivity contribution is 6.30. The second-order valence-electron chi connectivity index (χ2n) is 7.11. The van der Waals surface area contributed by atoms with E-state index in [1.165, 1.54) is 0 Å². The van der Waals surface area contributed by atoms with Gasteiger partial charge in [0.2, 0.25) is 0 Å². The quantitative estimate of drug-likeness (QED) is 0.325. The number of methoxy groups -OCH3 is 1. The zero-order valence-electron chi connectivity index (χ0n) is 18.2. The molecule has 2 amide bonds. The molecule has 0 heterocycles. The Morgan fingerprint density at radius 3 is 2.39 bits per heavy atom. The molecule has 3 aromatic carbocycles. The van der Waals surface area contributed by atoms with Crippen molar-refractivity contribution in [2.45, 2.75) is 6.42 Å². The molecule has 0 aromatic heterocycles. The maximum Gasteiger partial charge on any atom is 0.267 e. The molecular formula is C26H25ClN2O4. The van der Waals surface area contributed by atoms with Gasteiger partial charge < -0.3 is 20.1 Å². The average Bonchev–Trinajstić information content (AvgIpc) is 2.82. The van der Waals surface area contributed by atoms with Crippen molar-refractivity contribution in [3.8, 4) is 11.5 Å². The van der Waals surface area contributed by atoms with Gasteiger partial charge in [0.15, 0.2) is 0 Å². The Hall–Kier alpha value is -3.61. The van der Waals surface area contributed by atoms with Gasteiger partial charge in [-0.15, -0.1) is 0 Å². The van der Waals surface area contributed by atoms with Gasteiger partial charge in [-0.2, -0.15) is 0 Å². The van der Waals surface area contributed by atoms with Crippen molar-refractivity contribution >= 4 is 29.5 Å². The van der Waals surface area contributed by atoms with Crippen LogP contribution in [0.5, 0.6) is 11.5 Å². The van der Waals surface area contributed by atoms with Gasteiger partial charge in [0.25, 0.3) is 11.8 Å². The first-order chi connectivity index (χ1) is 16.0. The lowest BCUT2D eigenvalue weighted by Gasteiger charge is -2.12. The van der Waals surface area contributed by atoms with Crippen LogP contribution in [0.1, 0.15) is 22.3 Å². The van der Waals surface area contributed by atoms with E-state index in [-0.39, 0.29) is 5.70 Å². The molecule has 3 rings (SSSR count). The molecule has 0 aliphatic heterocycles. The molecule has 0 spiro atoms. The number of carbonyl (C=O) groups is 2. The maximum atomic E-state index is 12.8. The molecule has 7 heteroatoms. The number of halogens is 1. The Morgan fingerprint density at radius 2 is 1.67 bits per heavy atom. The molecule has 0 saturated carbocycles. The number of carbonyl (C=O) groups excluding carboxylic acids is 2. The van der Waals surface area contributed by atoms with Crippen LogP contribution in [0.15, 0.2) is 84.6 Å². The third-order valence-corrected chi connectivity index (χ3v) is 4.81. The van der Waals surface area contributed by atoms with Gasteiger partial charge in [0.05, 0.1) is 0 Å². The summed E-state index contributed by atoms with van der Waals surface area (Å²) in [6, 6.07) is 23.1. The van der Waals surface area contributed by atoms with Crippen LogP contribution in [-0.2, 0) is 9.53 Å². The van der Waals surface area contributed by atoms with Crippen LogP contribution in [-0.4, -0.2) is 32.1 Å². The molecule has 0 unspecified atom stereocenters. The topological polar surface area (TPSA) is 76.7 Å². The van der Waals surface area contributed by atoms with Gasteiger partial charge in [0, 0.05) is 30.8 Å². The highest BCUT2D eigenvalue weighted by Gasteiger charge is 2.15. The third kappa shape index (κ3) is 7.79. The molecule has 0 aliphatic rings. The Bertz CT molecular complexity index is 1100. The summed E-state index contributed by atoms with van der Waals surface area (Å²) in [5.74, 6) is 0.494. The summed E-state index contributed by atoms with van der Waals surface area (Å²) in [6.07, 6.45) is 2.26. The van der Waals surface area contributed by atoms with E-state index >= 15 is 0 Å². The van der Waals surface area contributed by atoms with Crippen LogP contribution in [0, 0.1) is 0 Å². The van der Waals surface area contributed by atoms with Crippen molar-refractivity contribution in [2.24, 2.45) is 0 Å². The molecule has 0 saturated heterocycles. The average molecular weight is 465 g/mol. The summed E-state index contributed by atoms with van der Waals surface area (Å²) in [5, 5.41) is 6.03. The SMILES string of the molecule is COCCCNC(=O)C(=Cc1cccc(Oc2ccccc2)c1)NC(=O)c1ccc(Cl)cc1. The summed E-state index contributed by atoms with van der Waals surface area (Å²) >= 11 is 5.91. The number of rotatable bonds is 10. The summed E-state index contributed by atoms with van der Waals surface area (Å²) in [4.78, 5) is 25.5. The first-order valence-electron chi connectivity index (χ1n) is 10.4. The smallest absolute Gasteiger partial charge is 0.267 e. The minimum atomic E-state index is -0.415. The van der Waals surface area contributed by atoms with E-state index < -0.39 is 11.8 Å². The molecule has 0 radical (unpaired) electrons. The minimum absolute atomic E-state index is 0.115. The lowest BCUT2D eigenvalue weighted by molar-refractivity contribution is -0.117. The van der Waals surface area contributed by atoms with Crippen molar-refractivity contribution in [3.63, 3.8) is 0 Å². The standard InChI is InChI=1S/C26H25ClN2O4/c1-32-16-6-15-28-26(31)24(29-25(30)20-11-13-21(27)14-12-20)18-19-7-5-10-23(17-19)33-22-8-3-2-4-9-22/h2-5,7-14,17-18H,6,15-16H2,1H3,(H,28,31)(H,29,30). The number of hydrogen-bond acceptors (Lipinski definition) is 4. The first-order valence-corrected chi connectivity index (χ1v) is 10.8. The van der Waals surface area contributed by atoms with Crippen LogP contribution >= 0.6 is 11.6 Å². The first kappa shape index (κ1) is 24.0. The third-order valence-electron chi connectivity index (χ3n) is 4.56. The number of nitrogens with one attached hydrogen (secondary N) is 2. The highest BCUT2D eigenvalue weighted by atomic mass is 35.5. The molecule has 0 bridgehead atoms. The van der Waals surface area contributed by atoms with Crippen molar-refractivity contribution in [2.75, 3.05) is 20.3 Å². The van der Waals surface area contributed by atoms with E-state index in [9.17, 15) is 9.59 Å². The largest absolute Gasteiger partial charge is 0.457 e. The van der Waals surface area contributed by atoms with Crippen LogP contribution in [0.25, 0.3) is 6.08 Å². The molecule has 3 aromatic rings. The number of hydrogen-bond donors (Lipinski definition) is 2. The second-order valence-corrected chi connectivity index (χ2v) is 7.55. The fraction of sp³-hybridized carbons (Fsp3) is 0.154. The van der Waals surface area contributed by atoms with Crippen LogP contribution in [0.4, 0.5) is 0 Å². The summed E-state index contributed by atoms with van der Waals surface area (Å²) in [6.45, 7) is 0.938. The summed E-state index contributed by atoms with van der Waals surface area (Å²) in [5.41, 5.74) is 1.20. The van der Waals surface area contributed by atoms with Crippen molar-refractivity contribution in [3.05, 3.63) is 101 Å². The van der Waals surface area contributed by atoms with Gasteiger partial charge in [-0.3, -0.25) is 9.59 Å².